The Morgan fingerprint density at radius 2 is 1.95 bits per heavy atom. The van der Waals surface area contributed by atoms with Crippen molar-refractivity contribution in [3.8, 4) is 11.4 Å². The van der Waals surface area contributed by atoms with Gasteiger partial charge in [-0.15, -0.1) is 0 Å². The molecule has 0 fully saturated rings. The van der Waals surface area contributed by atoms with Crippen molar-refractivity contribution in [1.82, 2.24) is 9.78 Å². The average Bonchev–Trinajstić information content (AvgIpc) is 2.84. The van der Waals surface area contributed by atoms with Crippen molar-refractivity contribution in [2.45, 2.75) is 19.1 Å². The van der Waals surface area contributed by atoms with Crippen LogP contribution in [-0.2, 0) is 6.18 Å². The first-order valence-electron chi connectivity index (χ1n) is 5.97. The van der Waals surface area contributed by atoms with Crippen LogP contribution in [0.2, 0.25) is 0 Å². The van der Waals surface area contributed by atoms with Gasteiger partial charge in [0, 0.05) is 6.04 Å². The van der Waals surface area contributed by atoms with Crippen molar-refractivity contribution in [2.24, 2.45) is 5.73 Å². The number of halogens is 3. The summed E-state index contributed by atoms with van der Waals surface area (Å²) >= 11 is 0. The van der Waals surface area contributed by atoms with Gasteiger partial charge in [0.05, 0.1) is 23.6 Å². The van der Waals surface area contributed by atoms with Crippen molar-refractivity contribution >= 4 is 0 Å². The Morgan fingerprint density at radius 1 is 1.30 bits per heavy atom. The van der Waals surface area contributed by atoms with Crippen LogP contribution in [-0.4, -0.2) is 22.4 Å². The molecule has 4 nitrogen and oxygen atoms in total. The zero-order valence-corrected chi connectivity index (χ0v) is 10.8. The molecule has 108 valence electrons. The van der Waals surface area contributed by atoms with Crippen molar-refractivity contribution < 1.29 is 17.9 Å². The van der Waals surface area contributed by atoms with E-state index in [1.165, 1.54) is 23.0 Å². The molecule has 1 aromatic carbocycles. The van der Waals surface area contributed by atoms with Crippen LogP contribution in [0.1, 0.15) is 12.5 Å². The average molecular weight is 285 g/mol. The largest absolute Gasteiger partial charge is 0.489 e. The van der Waals surface area contributed by atoms with Gasteiger partial charge in [-0.1, -0.05) is 0 Å². The quantitative estimate of drug-likeness (QED) is 0.939. The van der Waals surface area contributed by atoms with Gasteiger partial charge in [-0.3, -0.25) is 0 Å². The molecule has 1 aromatic heterocycles. The molecule has 0 amide bonds. The van der Waals surface area contributed by atoms with E-state index in [1.807, 2.05) is 0 Å². The lowest BCUT2D eigenvalue weighted by Gasteiger charge is -2.07. The first-order valence-corrected chi connectivity index (χ1v) is 5.97. The van der Waals surface area contributed by atoms with E-state index in [4.69, 9.17) is 10.5 Å². The molecule has 1 unspecified atom stereocenters. The predicted octanol–water partition coefficient (Wildman–Crippen LogP) is 2.62. The molecule has 2 N–H and O–H groups in total. The van der Waals surface area contributed by atoms with Crippen LogP contribution in [0.4, 0.5) is 13.2 Å². The number of rotatable bonds is 4. The van der Waals surface area contributed by atoms with Crippen LogP contribution >= 0.6 is 0 Å². The van der Waals surface area contributed by atoms with Gasteiger partial charge in [-0.2, -0.15) is 18.3 Å². The van der Waals surface area contributed by atoms with Gasteiger partial charge in [0.1, 0.15) is 6.61 Å². The summed E-state index contributed by atoms with van der Waals surface area (Å²) in [5, 5.41) is 4.03. The topological polar surface area (TPSA) is 53.1 Å². The Labute approximate surface area is 114 Å². The third kappa shape index (κ3) is 3.51. The maximum Gasteiger partial charge on any atom is 0.416 e. The highest BCUT2D eigenvalue weighted by molar-refractivity contribution is 5.36. The Kier molecular flexibility index (Phi) is 3.99. The number of ether oxygens (including phenoxy) is 1. The van der Waals surface area contributed by atoms with Gasteiger partial charge in [0.25, 0.3) is 0 Å². The molecule has 0 radical (unpaired) electrons. The van der Waals surface area contributed by atoms with Gasteiger partial charge < -0.3 is 10.5 Å². The summed E-state index contributed by atoms with van der Waals surface area (Å²) in [6.45, 7) is 2.15. The summed E-state index contributed by atoms with van der Waals surface area (Å²) in [6, 6.07) is 4.62. The van der Waals surface area contributed by atoms with Crippen molar-refractivity contribution in [2.75, 3.05) is 6.61 Å². The highest BCUT2D eigenvalue weighted by Gasteiger charge is 2.30. The van der Waals surface area contributed by atoms with E-state index in [-0.39, 0.29) is 6.04 Å². The van der Waals surface area contributed by atoms with Crippen molar-refractivity contribution in [3.63, 3.8) is 0 Å². The first kappa shape index (κ1) is 14.4. The normalized spacial score (nSPS) is 13.2. The minimum Gasteiger partial charge on any atom is -0.489 e. The maximum absolute atomic E-state index is 12.4. The minimum absolute atomic E-state index is 0.107. The number of benzene rings is 1. The second-order valence-corrected chi connectivity index (χ2v) is 4.45. The molecule has 2 rings (SSSR count). The number of hydrogen-bond donors (Lipinski definition) is 1. The second kappa shape index (κ2) is 5.54. The van der Waals surface area contributed by atoms with E-state index in [9.17, 15) is 13.2 Å². The second-order valence-electron chi connectivity index (χ2n) is 4.45. The van der Waals surface area contributed by atoms with E-state index in [1.54, 1.807) is 13.1 Å². The van der Waals surface area contributed by atoms with Gasteiger partial charge in [-0.05, 0) is 31.2 Å². The molecule has 0 aliphatic rings. The van der Waals surface area contributed by atoms with Crippen LogP contribution in [0.25, 0.3) is 5.69 Å². The van der Waals surface area contributed by atoms with Crippen LogP contribution in [0.5, 0.6) is 5.75 Å². The predicted molar refractivity (Wildman–Crippen MR) is 67.7 cm³/mol. The molecule has 20 heavy (non-hydrogen) atoms. The standard InChI is InChI=1S/C13H14F3N3O/c1-9(17)8-20-12-6-18-19(7-12)11-4-2-10(3-5-11)13(14,15)16/h2-7,9H,8,17H2,1H3. The van der Waals surface area contributed by atoms with Crippen LogP contribution in [0, 0.1) is 0 Å². The zero-order valence-electron chi connectivity index (χ0n) is 10.8. The van der Waals surface area contributed by atoms with Crippen LogP contribution in [0.15, 0.2) is 36.7 Å². The van der Waals surface area contributed by atoms with Crippen LogP contribution in [0.3, 0.4) is 0 Å². The fourth-order valence-corrected chi connectivity index (χ4v) is 1.55. The lowest BCUT2D eigenvalue weighted by molar-refractivity contribution is -0.137. The summed E-state index contributed by atoms with van der Waals surface area (Å²) in [4.78, 5) is 0. The van der Waals surface area contributed by atoms with Gasteiger partial charge in [-0.25, -0.2) is 4.68 Å². The molecule has 0 bridgehead atoms. The van der Waals surface area contributed by atoms with E-state index in [0.29, 0.717) is 18.0 Å². The molecule has 0 saturated heterocycles. The molecular formula is C13H14F3N3O. The number of nitrogens with zero attached hydrogens (tertiary/aromatic N) is 2. The fraction of sp³-hybridized carbons (Fsp3) is 0.308. The summed E-state index contributed by atoms with van der Waals surface area (Å²) in [7, 11) is 0. The Morgan fingerprint density at radius 3 is 2.50 bits per heavy atom. The summed E-state index contributed by atoms with van der Waals surface area (Å²) < 4.78 is 44.1. The number of hydrogen-bond acceptors (Lipinski definition) is 3. The van der Waals surface area contributed by atoms with Crippen molar-refractivity contribution in [3.05, 3.63) is 42.2 Å². The number of aromatic nitrogens is 2. The smallest absolute Gasteiger partial charge is 0.416 e. The van der Waals surface area contributed by atoms with Gasteiger partial charge >= 0.3 is 6.18 Å². The molecule has 0 aliphatic heterocycles. The van der Waals surface area contributed by atoms with E-state index >= 15 is 0 Å². The summed E-state index contributed by atoms with van der Waals surface area (Å²) in [5.41, 5.74) is 5.39. The fourth-order valence-electron chi connectivity index (χ4n) is 1.55. The Hall–Kier alpha value is -2.02. The SMILES string of the molecule is CC(N)COc1cnn(-c2ccc(C(F)(F)F)cc2)c1. The number of alkyl halides is 3. The lowest BCUT2D eigenvalue weighted by Crippen LogP contribution is -2.23. The molecular weight excluding hydrogens is 271 g/mol. The van der Waals surface area contributed by atoms with Crippen LogP contribution < -0.4 is 10.5 Å². The molecule has 7 heteroatoms. The monoisotopic (exact) mass is 285 g/mol. The van der Waals surface area contributed by atoms with E-state index in [0.717, 1.165) is 12.1 Å². The third-order valence-corrected chi connectivity index (χ3v) is 2.53. The lowest BCUT2D eigenvalue weighted by atomic mass is 10.2. The van der Waals surface area contributed by atoms with Crippen molar-refractivity contribution in [1.29, 1.82) is 0 Å². The molecule has 0 saturated carbocycles. The summed E-state index contributed by atoms with van der Waals surface area (Å²) in [5.74, 6) is 0.516. The Bertz CT molecular complexity index is 561. The third-order valence-electron chi connectivity index (χ3n) is 2.53. The van der Waals surface area contributed by atoms with E-state index < -0.39 is 11.7 Å². The summed E-state index contributed by atoms with van der Waals surface area (Å²) in [6.07, 6.45) is -1.26. The molecule has 1 atom stereocenters. The van der Waals surface area contributed by atoms with E-state index in [2.05, 4.69) is 5.10 Å². The minimum atomic E-state index is -4.34. The maximum atomic E-state index is 12.4. The first-order chi connectivity index (χ1) is 9.36. The molecule has 0 spiro atoms. The molecule has 1 heterocycles. The van der Waals surface area contributed by atoms with Gasteiger partial charge in [0.2, 0.25) is 0 Å². The highest BCUT2D eigenvalue weighted by Crippen LogP contribution is 2.29. The number of nitrogens with two attached hydrogens (primary N) is 1. The molecule has 0 aliphatic carbocycles. The highest BCUT2D eigenvalue weighted by atomic mass is 19.4. The van der Waals surface area contributed by atoms with Gasteiger partial charge in [0.15, 0.2) is 5.75 Å². The molecule has 2 aromatic rings. The Balaban J connectivity index is 2.12. The zero-order chi connectivity index (χ0) is 14.8.